The number of fused-ring (bicyclic) bond motifs is 1. The zero-order valence-electron chi connectivity index (χ0n) is 18.2. The van der Waals surface area contributed by atoms with Crippen LogP contribution in [0.2, 0.25) is 0 Å². The first kappa shape index (κ1) is 22.3. The summed E-state index contributed by atoms with van der Waals surface area (Å²) in [4.78, 5) is 29.9. The second-order valence-corrected chi connectivity index (χ2v) is 8.52. The maximum absolute atomic E-state index is 11.9. The number of nitrogens with zero attached hydrogens (tertiary/aromatic N) is 3. The first-order chi connectivity index (χ1) is 14.7. The number of nitriles is 1. The van der Waals surface area contributed by atoms with Crippen molar-refractivity contribution in [2.45, 2.75) is 46.1 Å². The number of hydrogen-bond acceptors (Lipinski definition) is 6. The van der Waals surface area contributed by atoms with Gasteiger partial charge in [0.2, 0.25) is 5.91 Å². The molecule has 0 radical (unpaired) electrons. The van der Waals surface area contributed by atoms with Gasteiger partial charge in [-0.05, 0) is 44.9 Å². The molecule has 31 heavy (non-hydrogen) atoms. The van der Waals surface area contributed by atoms with Gasteiger partial charge in [0.1, 0.15) is 17.9 Å². The lowest BCUT2D eigenvalue weighted by Crippen LogP contribution is -2.44. The highest BCUT2D eigenvalue weighted by Crippen LogP contribution is 2.35. The first-order valence-corrected chi connectivity index (χ1v) is 10.4. The molecule has 1 aliphatic rings. The SMILES string of the molecule is CC(C)Oc1cc2c(OCC3(C)CCN(C(=O)CC#N)CC3)ccnc2cc1C(N)=O. The van der Waals surface area contributed by atoms with Crippen molar-refractivity contribution in [3.05, 3.63) is 30.0 Å². The summed E-state index contributed by atoms with van der Waals surface area (Å²) in [5.41, 5.74) is 6.31. The second kappa shape index (κ2) is 9.21. The normalized spacial score (nSPS) is 15.5. The highest BCUT2D eigenvalue weighted by atomic mass is 16.5. The number of carbonyl (C=O) groups excluding carboxylic acids is 2. The Morgan fingerprint density at radius 2 is 2.00 bits per heavy atom. The number of benzene rings is 1. The molecule has 0 aliphatic carbocycles. The quantitative estimate of drug-likeness (QED) is 0.730. The van der Waals surface area contributed by atoms with Crippen LogP contribution >= 0.6 is 0 Å². The lowest BCUT2D eigenvalue weighted by molar-refractivity contribution is -0.132. The molecule has 0 unspecified atom stereocenters. The Morgan fingerprint density at radius 3 is 2.61 bits per heavy atom. The van der Waals surface area contributed by atoms with Crippen molar-refractivity contribution in [1.82, 2.24) is 9.88 Å². The van der Waals surface area contributed by atoms with Crippen LogP contribution in [0.5, 0.6) is 11.5 Å². The van der Waals surface area contributed by atoms with Gasteiger partial charge >= 0.3 is 0 Å². The van der Waals surface area contributed by atoms with Gasteiger partial charge in [0, 0.05) is 30.1 Å². The van der Waals surface area contributed by atoms with Crippen LogP contribution in [0.1, 0.15) is 50.4 Å². The number of nitrogens with two attached hydrogens (primary N) is 1. The van der Waals surface area contributed by atoms with E-state index in [0.29, 0.717) is 36.7 Å². The Balaban J connectivity index is 1.78. The Morgan fingerprint density at radius 1 is 1.29 bits per heavy atom. The van der Waals surface area contributed by atoms with Crippen molar-refractivity contribution in [3.8, 4) is 17.6 Å². The van der Waals surface area contributed by atoms with Crippen LogP contribution in [0.4, 0.5) is 0 Å². The van der Waals surface area contributed by atoms with Gasteiger partial charge in [-0.15, -0.1) is 0 Å². The summed E-state index contributed by atoms with van der Waals surface area (Å²) in [6, 6.07) is 7.09. The first-order valence-electron chi connectivity index (χ1n) is 10.4. The third-order valence-electron chi connectivity index (χ3n) is 5.56. The number of amides is 2. The summed E-state index contributed by atoms with van der Waals surface area (Å²) >= 11 is 0. The van der Waals surface area contributed by atoms with Crippen molar-refractivity contribution >= 4 is 22.7 Å². The molecule has 1 aliphatic heterocycles. The molecule has 0 saturated carbocycles. The van der Waals surface area contributed by atoms with Gasteiger partial charge in [-0.2, -0.15) is 5.26 Å². The van der Waals surface area contributed by atoms with E-state index in [2.05, 4.69) is 11.9 Å². The van der Waals surface area contributed by atoms with Crippen molar-refractivity contribution in [3.63, 3.8) is 0 Å². The van der Waals surface area contributed by atoms with Gasteiger partial charge in [0.15, 0.2) is 0 Å². The predicted molar refractivity (Wildman–Crippen MR) is 116 cm³/mol. The zero-order chi connectivity index (χ0) is 22.6. The summed E-state index contributed by atoms with van der Waals surface area (Å²) in [7, 11) is 0. The fourth-order valence-electron chi connectivity index (χ4n) is 3.69. The van der Waals surface area contributed by atoms with E-state index in [4.69, 9.17) is 20.5 Å². The molecule has 2 amide bonds. The summed E-state index contributed by atoms with van der Waals surface area (Å²) in [6.45, 7) is 7.61. The predicted octanol–water partition coefficient (Wildman–Crippen LogP) is 3.04. The van der Waals surface area contributed by atoms with E-state index < -0.39 is 5.91 Å². The van der Waals surface area contributed by atoms with E-state index in [1.807, 2.05) is 19.9 Å². The molecular formula is C23H28N4O4. The number of likely N-dealkylation sites (tertiary alicyclic amines) is 1. The average molecular weight is 425 g/mol. The maximum Gasteiger partial charge on any atom is 0.252 e. The maximum atomic E-state index is 11.9. The molecule has 1 fully saturated rings. The van der Waals surface area contributed by atoms with Crippen LogP contribution < -0.4 is 15.2 Å². The van der Waals surface area contributed by atoms with Gasteiger partial charge in [-0.25, -0.2) is 0 Å². The van der Waals surface area contributed by atoms with Crippen molar-refractivity contribution < 1.29 is 19.1 Å². The van der Waals surface area contributed by atoms with Gasteiger partial charge in [-0.3, -0.25) is 14.6 Å². The van der Waals surface area contributed by atoms with E-state index in [-0.39, 0.29) is 29.4 Å². The average Bonchev–Trinajstić information content (AvgIpc) is 2.72. The van der Waals surface area contributed by atoms with E-state index >= 15 is 0 Å². The lowest BCUT2D eigenvalue weighted by atomic mass is 9.81. The highest BCUT2D eigenvalue weighted by Gasteiger charge is 2.32. The zero-order valence-corrected chi connectivity index (χ0v) is 18.2. The van der Waals surface area contributed by atoms with Gasteiger partial charge < -0.3 is 20.1 Å². The Labute approximate surface area is 181 Å². The smallest absolute Gasteiger partial charge is 0.252 e. The fourth-order valence-corrected chi connectivity index (χ4v) is 3.69. The van der Waals surface area contributed by atoms with Crippen LogP contribution in [0.15, 0.2) is 24.4 Å². The van der Waals surface area contributed by atoms with Gasteiger partial charge in [0.25, 0.3) is 5.91 Å². The minimum atomic E-state index is -0.573. The van der Waals surface area contributed by atoms with Crippen molar-refractivity contribution in [1.29, 1.82) is 5.26 Å². The molecule has 0 atom stereocenters. The minimum absolute atomic E-state index is 0.0791. The van der Waals surface area contributed by atoms with Crippen LogP contribution in [-0.4, -0.2) is 47.5 Å². The van der Waals surface area contributed by atoms with E-state index in [1.165, 1.54) is 0 Å². The molecule has 8 nitrogen and oxygen atoms in total. The third-order valence-corrected chi connectivity index (χ3v) is 5.56. The molecule has 1 saturated heterocycles. The van der Waals surface area contributed by atoms with Crippen LogP contribution in [0.3, 0.4) is 0 Å². The number of carbonyl (C=O) groups is 2. The Kier molecular flexibility index (Phi) is 6.64. The molecule has 1 aromatic heterocycles. The van der Waals surface area contributed by atoms with Gasteiger partial charge in [0.05, 0.1) is 29.9 Å². The number of pyridine rings is 1. The molecule has 3 rings (SSSR count). The summed E-state index contributed by atoms with van der Waals surface area (Å²) in [5.74, 6) is 0.367. The van der Waals surface area contributed by atoms with Crippen LogP contribution in [-0.2, 0) is 4.79 Å². The Bertz CT molecular complexity index is 1020. The summed E-state index contributed by atoms with van der Waals surface area (Å²) < 4.78 is 12.0. The number of rotatable bonds is 7. The van der Waals surface area contributed by atoms with Crippen LogP contribution in [0.25, 0.3) is 10.9 Å². The molecule has 2 N–H and O–H groups in total. The lowest BCUT2D eigenvalue weighted by Gasteiger charge is -2.39. The van der Waals surface area contributed by atoms with Crippen LogP contribution in [0, 0.1) is 16.7 Å². The fraction of sp³-hybridized carbons (Fsp3) is 0.478. The van der Waals surface area contributed by atoms with Crippen molar-refractivity contribution in [2.24, 2.45) is 11.1 Å². The molecular weight excluding hydrogens is 396 g/mol. The number of ether oxygens (including phenoxy) is 2. The molecule has 2 heterocycles. The largest absolute Gasteiger partial charge is 0.492 e. The molecule has 2 aromatic rings. The second-order valence-electron chi connectivity index (χ2n) is 8.52. The topological polar surface area (TPSA) is 119 Å². The summed E-state index contributed by atoms with van der Waals surface area (Å²) in [5, 5.41) is 9.47. The highest BCUT2D eigenvalue weighted by molar-refractivity contribution is 6.01. The van der Waals surface area contributed by atoms with Gasteiger partial charge in [-0.1, -0.05) is 6.92 Å². The molecule has 164 valence electrons. The monoisotopic (exact) mass is 424 g/mol. The number of hydrogen-bond donors (Lipinski definition) is 1. The number of aromatic nitrogens is 1. The molecule has 0 spiro atoms. The minimum Gasteiger partial charge on any atom is -0.492 e. The molecule has 1 aromatic carbocycles. The number of piperidine rings is 1. The molecule has 8 heteroatoms. The van der Waals surface area contributed by atoms with E-state index in [9.17, 15) is 9.59 Å². The third kappa shape index (κ3) is 5.23. The van der Waals surface area contributed by atoms with E-state index in [0.717, 1.165) is 18.2 Å². The molecule has 0 bridgehead atoms. The summed E-state index contributed by atoms with van der Waals surface area (Å²) in [6.07, 6.45) is 3.02. The van der Waals surface area contributed by atoms with Crippen molar-refractivity contribution in [2.75, 3.05) is 19.7 Å². The number of primary amides is 1. The van der Waals surface area contributed by atoms with E-state index in [1.54, 1.807) is 29.3 Å². The Hall–Kier alpha value is -3.34. The standard InChI is InChI=1S/C23H28N4O4/c1-15(2)31-20-13-16-18(12-17(20)22(25)29)26-9-5-19(16)30-14-23(3)6-10-27(11-7-23)21(28)4-8-24/h5,9,12-13,15H,4,6-7,10-11,14H2,1-3H3,(H2,25,29).